The van der Waals surface area contributed by atoms with Gasteiger partial charge in [0.15, 0.2) is 0 Å². The number of hydrogen-bond donors (Lipinski definition) is 0. The highest BCUT2D eigenvalue weighted by molar-refractivity contribution is 7.88. The summed E-state index contributed by atoms with van der Waals surface area (Å²) in [5, 5.41) is 0. The number of hydrogen-bond acceptors (Lipinski definition) is 6. The van der Waals surface area contributed by atoms with E-state index < -0.39 is 22.1 Å². The van der Waals surface area contributed by atoms with Crippen LogP contribution in [-0.4, -0.2) is 67.5 Å². The molecular weight excluding hydrogens is 545 g/mol. The number of methoxy groups -OCH3 is 1. The van der Waals surface area contributed by atoms with Crippen molar-refractivity contribution >= 4 is 15.9 Å². The van der Waals surface area contributed by atoms with Gasteiger partial charge < -0.3 is 14.4 Å². The Labute approximate surface area is 241 Å². The molecule has 3 atom stereocenters. The molecule has 0 N–H and O–H groups in total. The van der Waals surface area contributed by atoms with Gasteiger partial charge in [-0.3, -0.25) is 4.79 Å². The average molecular weight is 582 g/mol. The van der Waals surface area contributed by atoms with Crippen molar-refractivity contribution in [3.8, 4) is 5.75 Å². The number of carbonyl (C=O) groups excluding carboxylic acids is 1. The van der Waals surface area contributed by atoms with Gasteiger partial charge in [0.2, 0.25) is 16.0 Å². The summed E-state index contributed by atoms with van der Waals surface area (Å²) >= 11 is 0. The molecule has 0 radical (unpaired) electrons. The molecule has 0 spiro atoms. The Balaban J connectivity index is 1.29. The first-order valence-electron chi connectivity index (χ1n) is 13.8. The van der Waals surface area contributed by atoms with Crippen molar-refractivity contribution in [1.82, 2.24) is 14.2 Å². The molecule has 3 aromatic rings. The number of aromatic nitrogens is 1. The number of carbonyl (C=O) groups is 1. The Kier molecular flexibility index (Phi) is 8.45. The summed E-state index contributed by atoms with van der Waals surface area (Å²) in [5.74, 6) is -0.316. The number of ether oxygens (including phenoxy) is 2. The Hall–Kier alpha value is -3.34. The van der Waals surface area contributed by atoms with Gasteiger partial charge >= 0.3 is 0 Å². The summed E-state index contributed by atoms with van der Waals surface area (Å²) < 4.78 is 54.1. The minimum absolute atomic E-state index is 0.0639. The number of halogens is 1. The zero-order chi connectivity index (χ0) is 29.3. The number of pyridine rings is 1. The van der Waals surface area contributed by atoms with Crippen LogP contribution < -0.4 is 4.74 Å². The van der Waals surface area contributed by atoms with Crippen LogP contribution in [0.5, 0.6) is 5.75 Å². The van der Waals surface area contributed by atoms with E-state index in [1.807, 2.05) is 32.0 Å². The summed E-state index contributed by atoms with van der Waals surface area (Å²) in [6.07, 6.45) is 0.655. The molecule has 2 aliphatic heterocycles. The normalized spacial score (nSPS) is 21.4. The molecule has 0 aliphatic carbocycles. The van der Waals surface area contributed by atoms with Crippen molar-refractivity contribution in [2.75, 3.05) is 26.7 Å². The summed E-state index contributed by atoms with van der Waals surface area (Å²) in [4.78, 5) is 18.9. The van der Waals surface area contributed by atoms with Crippen molar-refractivity contribution in [2.45, 2.75) is 57.6 Å². The van der Waals surface area contributed by atoms with E-state index in [0.717, 1.165) is 23.1 Å². The molecular formula is C31H36FN3O5S. The minimum atomic E-state index is -3.68. The highest BCUT2D eigenvalue weighted by Gasteiger charge is 2.38. The van der Waals surface area contributed by atoms with E-state index in [9.17, 15) is 17.6 Å². The molecule has 2 fully saturated rings. The van der Waals surface area contributed by atoms with Crippen molar-refractivity contribution in [3.63, 3.8) is 0 Å². The van der Waals surface area contributed by atoms with Crippen LogP contribution in [0, 0.1) is 26.7 Å². The molecule has 218 valence electrons. The SMILES string of the molecule is COC1CN(C(=O)c2cc(C)ccc2C)CC1Oc1cccc(CS(=O)(=O)N2CCCC2c2ccc(F)nc2C)c1. The van der Waals surface area contributed by atoms with Gasteiger partial charge in [0, 0.05) is 24.9 Å². The first kappa shape index (κ1) is 29.2. The van der Waals surface area contributed by atoms with Gasteiger partial charge in [0.05, 0.1) is 24.9 Å². The van der Waals surface area contributed by atoms with E-state index in [0.29, 0.717) is 48.6 Å². The largest absolute Gasteiger partial charge is 0.486 e. The second-order valence-corrected chi connectivity index (χ2v) is 12.9. The molecule has 2 saturated heterocycles. The van der Waals surface area contributed by atoms with Gasteiger partial charge in [0.1, 0.15) is 18.0 Å². The van der Waals surface area contributed by atoms with Crippen LogP contribution in [0.4, 0.5) is 4.39 Å². The van der Waals surface area contributed by atoms with Crippen molar-refractivity contribution in [2.24, 2.45) is 0 Å². The first-order valence-corrected chi connectivity index (χ1v) is 15.4. The Morgan fingerprint density at radius 1 is 1.05 bits per heavy atom. The molecule has 1 aromatic heterocycles. The van der Waals surface area contributed by atoms with Crippen molar-refractivity contribution < 1.29 is 27.1 Å². The van der Waals surface area contributed by atoms with Crippen LogP contribution in [0.25, 0.3) is 0 Å². The van der Waals surface area contributed by atoms with Gasteiger partial charge in [-0.2, -0.15) is 8.70 Å². The maximum Gasteiger partial charge on any atom is 0.254 e. The summed E-state index contributed by atoms with van der Waals surface area (Å²) in [6, 6.07) is 15.4. The predicted molar refractivity (Wildman–Crippen MR) is 154 cm³/mol. The molecule has 2 aromatic carbocycles. The number of benzene rings is 2. The van der Waals surface area contributed by atoms with Gasteiger partial charge in [-0.15, -0.1) is 0 Å². The molecule has 3 unspecified atom stereocenters. The standard InChI is InChI=1S/C31H36FN3O5S/c1-20-10-11-21(2)26(15-20)31(36)34-17-28(39-4)29(18-34)40-24-8-5-7-23(16-24)19-41(37,38)35-14-6-9-27(35)25-12-13-30(32)33-22(25)3/h5,7-8,10-13,15-16,27-29H,6,9,14,17-19H2,1-4H3. The van der Waals surface area contributed by atoms with E-state index in [1.165, 1.54) is 10.4 Å². The van der Waals surface area contributed by atoms with Crippen LogP contribution in [0.2, 0.25) is 0 Å². The lowest BCUT2D eigenvalue weighted by atomic mass is 10.0. The van der Waals surface area contributed by atoms with Gasteiger partial charge in [-0.05, 0) is 74.6 Å². The molecule has 5 rings (SSSR count). The molecule has 8 nitrogen and oxygen atoms in total. The van der Waals surface area contributed by atoms with Crippen LogP contribution in [0.3, 0.4) is 0 Å². The Bertz CT molecular complexity index is 1550. The topological polar surface area (TPSA) is 89.0 Å². The van der Waals surface area contributed by atoms with Gasteiger partial charge in [-0.1, -0.05) is 35.9 Å². The maximum absolute atomic E-state index is 13.6. The monoisotopic (exact) mass is 581 g/mol. The molecule has 10 heteroatoms. The third kappa shape index (κ3) is 6.29. The maximum atomic E-state index is 13.6. The van der Waals surface area contributed by atoms with E-state index in [-0.39, 0.29) is 23.8 Å². The Morgan fingerprint density at radius 3 is 2.59 bits per heavy atom. The first-order chi connectivity index (χ1) is 19.6. The molecule has 2 aliphatic rings. The van der Waals surface area contributed by atoms with E-state index in [1.54, 1.807) is 49.3 Å². The summed E-state index contributed by atoms with van der Waals surface area (Å²) in [7, 11) is -2.08. The molecule has 1 amide bonds. The predicted octanol–water partition coefficient (Wildman–Crippen LogP) is 4.73. The average Bonchev–Trinajstić information content (AvgIpc) is 3.58. The lowest BCUT2D eigenvalue weighted by Crippen LogP contribution is -2.32. The second kappa shape index (κ2) is 11.9. The third-order valence-electron chi connectivity index (χ3n) is 7.98. The molecule has 41 heavy (non-hydrogen) atoms. The smallest absolute Gasteiger partial charge is 0.254 e. The van der Waals surface area contributed by atoms with Gasteiger partial charge in [0.25, 0.3) is 5.91 Å². The number of nitrogens with zero attached hydrogens (tertiary/aromatic N) is 3. The molecule has 3 heterocycles. The summed E-state index contributed by atoms with van der Waals surface area (Å²) in [6.45, 7) is 6.74. The number of amides is 1. The number of rotatable bonds is 8. The zero-order valence-electron chi connectivity index (χ0n) is 23.8. The third-order valence-corrected chi connectivity index (χ3v) is 9.83. The molecule has 0 saturated carbocycles. The van der Waals surface area contributed by atoms with Crippen LogP contribution in [-0.2, 0) is 20.5 Å². The quantitative estimate of drug-likeness (QED) is 0.358. The summed E-state index contributed by atoms with van der Waals surface area (Å²) in [5.41, 5.74) is 4.43. The minimum Gasteiger partial charge on any atom is -0.486 e. The fourth-order valence-electron chi connectivity index (χ4n) is 5.84. The van der Waals surface area contributed by atoms with Crippen molar-refractivity contribution in [3.05, 3.63) is 94.1 Å². The fraction of sp³-hybridized carbons (Fsp3) is 0.419. The highest BCUT2D eigenvalue weighted by Crippen LogP contribution is 2.36. The zero-order valence-corrected chi connectivity index (χ0v) is 24.7. The van der Waals surface area contributed by atoms with E-state index in [2.05, 4.69) is 4.98 Å². The van der Waals surface area contributed by atoms with E-state index in [4.69, 9.17) is 9.47 Å². The van der Waals surface area contributed by atoms with Crippen LogP contribution >= 0.6 is 0 Å². The van der Waals surface area contributed by atoms with Crippen molar-refractivity contribution in [1.29, 1.82) is 0 Å². The fourth-order valence-corrected chi connectivity index (χ4v) is 7.62. The van der Waals surface area contributed by atoms with E-state index >= 15 is 0 Å². The lowest BCUT2D eigenvalue weighted by Gasteiger charge is -2.25. The number of likely N-dealkylation sites (tertiary alicyclic amines) is 1. The lowest BCUT2D eigenvalue weighted by molar-refractivity contribution is 0.0339. The number of aryl methyl sites for hydroxylation is 3. The van der Waals surface area contributed by atoms with Crippen LogP contribution in [0.15, 0.2) is 54.6 Å². The highest BCUT2D eigenvalue weighted by atomic mass is 32.2. The van der Waals surface area contributed by atoms with Crippen LogP contribution in [0.1, 0.15) is 57.2 Å². The molecule has 0 bridgehead atoms. The van der Waals surface area contributed by atoms with Gasteiger partial charge in [-0.25, -0.2) is 13.4 Å². The number of sulfonamides is 1. The Morgan fingerprint density at radius 2 is 1.83 bits per heavy atom. The second-order valence-electron chi connectivity index (χ2n) is 10.9.